The molecule has 3 rings (SSSR count). The molecule has 0 saturated carbocycles. The lowest BCUT2D eigenvalue weighted by Gasteiger charge is -2.21. The third-order valence-electron chi connectivity index (χ3n) is 3.93. The summed E-state index contributed by atoms with van der Waals surface area (Å²) in [6.45, 7) is 5.14. The quantitative estimate of drug-likeness (QED) is 0.943. The van der Waals surface area contributed by atoms with E-state index in [0.29, 0.717) is 19.6 Å². The number of hydrogen-bond acceptors (Lipinski definition) is 3. The van der Waals surface area contributed by atoms with Gasteiger partial charge in [-0.05, 0) is 37.1 Å². The van der Waals surface area contributed by atoms with Crippen LogP contribution in [0.5, 0.6) is 11.5 Å². The van der Waals surface area contributed by atoms with Crippen LogP contribution in [-0.2, 0) is 11.2 Å². The lowest BCUT2D eigenvalue weighted by atomic mass is 10.1. The Balaban J connectivity index is 1.63. The molecule has 0 aliphatic carbocycles. The van der Waals surface area contributed by atoms with Gasteiger partial charge in [0.25, 0.3) is 0 Å². The van der Waals surface area contributed by atoms with Gasteiger partial charge < -0.3 is 14.8 Å². The molecule has 2 aromatic rings. The Labute approximate surface area is 136 Å². The molecule has 0 radical (unpaired) electrons. The van der Waals surface area contributed by atoms with E-state index in [2.05, 4.69) is 5.32 Å². The first kappa shape index (κ1) is 15.4. The molecule has 4 nitrogen and oxygen atoms in total. The van der Waals surface area contributed by atoms with E-state index in [1.165, 1.54) is 5.56 Å². The smallest absolute Gasteiger partial charge is 0.224 e. The molecule has 0 spiro atoms. The minimum absolute atomic E-state index is 0.0104. The summed E-state index contributed by atoms with van der Waals surface area (Å²) < 4.78 is 11.1. The van der Waals surface area contributed by atoms with Crippen molar-refractivity contribution in [2.75, 3.05) is 13.2 Å². The van der Waals surface area contributed by atoms with E-state index in [0.717, 1.165) is 22.6 Å². The molecule has 0 aromatic heterocycles. The van der Waals surface area contributed by atoms with Crippen LogP contribution < -0.4 is 14.8 Å². The minimum Gasteiger partial charge on any atom is -0.486 e. The minimum atomic E-state index is -0.0798. The molecule has 23 heavy (non-hydrogen) atoms. The Kier molecular flexibility index (Phi) is 4.51. The summed E-state index contributed by atoms with van der Waals surface area (Å²) in [7, 11) is 0. The fraction of sp³-hybridized carbons (Fsp3) is 0.316. The fourth-order valence-corrected chi connectivity index (χ4v) is 2.60. The highest BCUT2D eigenvalue weighted by molar-refractivity contribution is 5.79. The number of carbonyl (C=O) groups excluding carboxylic acids is 1. The van der Waals surface area contributed by atoms with Crippen LogP contribution in [0.4, 0.5) is 0 Å². The van der Waals surface area contributed by atoms with Gasteiger partial charge in [0.1, 0.15) is 13.2 Å². The number of nitrogens with one attached hydrogen (secondary N) is 1. The van der Waals surface area contributed by atoms with E-state index < -0.39 is 0 Å². The number of ether oxygens (including phenoxy) is 2. The molecular formula is C19H21NO3. The molecule has 1 heterocycles. The maximum Gasteiger partial charge on any atom is 0.224 e. The van der Waals surface area contributed by atoms with Crippen LogP contribution in [0.15, 0.2) is 42.5 Å². The molecule has 120 valence electrons. The molecule has 1 N–H and O–H groups in total. The van der Waals surface area contributed by atoms with Crippen LogP contribution in [0.3, 0.4) is 0 Å². The van der Waals surface area contributed by atoms with Crippen molar-refractivity contribution in [3.63, 3.8) is 0 Å². The average molecular weight is 311 g/mol. The number of rotatable bonds is 4. The Morgan fingerprint density at radius 3 is 2.52 bits per heavy atom. The SMILES string of the molecule is Cc1ccc(CC(=O)NC(C)c2ccc3c(c2)OCCO3)cc1. The van der Waals surface area contributed by atoms with Gasteiger partial charge >= 0.3 is 0 Å². The third kappa shape index (κ3) is 3.83. The van der Waals surface area contributed by atoms with E-state index >= 15 is 0 Å². The number of amides is 1. The second kappa shape index (κ2) is 6.73. The monoisotopic (exact) mass is 311 g/mol. The second-order valence-corrected chi connectivity index (χ2v) is 5.85. The number of hydrogen-bond donors (Lipinski definition) is 1. The maximum absolute atomic E-state index is 12.2. The summed E-state index contributed by atoms with van der Waals surface area (Å²) in [5.41, 5.74) is 3.22. The summed E-state index contributed by atoms with van der Waals surface area (Å²) in [5.74, 6) is 1.52. The Morgan fingerprint density at radius 1 is 1.09 bits per heavy atom. The predicted octanol–water partition coefficient (Wildman–Crippen LogP) is 3.19. The molecule has 2 aromatic carbocycles. The second-order valence-electron chi connectivity index (χ2n) is 5.85. The maximum atomic E-state index is 12.2. The third-order valence-corrected chi connectivity index (χ3v) is 3.93. The molecule has 1 atom stereocenters. The van der Waals surface area contributed by atoms with Crippen LogP contribution >= 0.6 is 0 Å². The van der Waals surface area contributed by atoms with Crippen molar-refractivity contribution in [2.45, 2.75) is 26.3 Å². The van der Waals surface area contributed by atoms with Crippen molar-refractivity contribution in [3.8, 4) is 11.5 Å². The van der Waals surface area contributed by atoms with E-state index in [9.17, 15) is 4.79 Å². The largest absolute Gasteiger partial charge is 0.486 e. The zero-order chi connectivity index (χ0) is 16.2. The van der Waals surface area contributed by atoms with Gasteiger partial charge in [0.15, 0.2) is 11.5 Å². The highest BCUT2D eigenvalue weighted by Gasteiger charge is 2.15. The van der Waals surface area contributed by atoms with Crippen molar-refractivity contribution in [3.05, 3.63) is 59.2 Å². The van der Waals surface area contributed by atoms with Gasteiger partial charge in [-0.3, -0.25) is 4.79 Å². The van der Waals surface area contributed by atoms with Gasteiger partial charge in [-0.15, -0.1) is 0 Å². The Morgan fingerprint density at radius 2 is 1.78 bits per heavy atom. The fourth-order valence-electron chi connectivity index (χ4n) is 2.60. The van der Waals surface area contributed by atoms with Crippen molar-refractivity contribution in [1.82, 2.24) is 5.32 Å². The zero-order valence-corrected chi connectivity index (χ0v) is 13.5. The molecule has 1 amide bonds. The summed E-state index contributed by atoms with van der Waals surface area (Å²) in [6, 6.07) is 13.7. The van der Waals surface area contributed by atoms with E-state index in [1.807, 2.05) is 56.3 Å². The molecule has 0 saturated heterocycles. The molecule has 1 unspecified atom stereocenters. The lowest BCUT2D eigenvalue weighted by Crippen LogP contribution is -2.28. The van der Waals surface area contributed by atoms with Gasteiger partial charge in [0, 0.05) is 0 Å². The zero-order valence-electron chi connectivity index (χ0n) is 13.5. The Bertz CT molecular complexity index is 694. The molecule has 4 heteroatoms. The summed E-state index contributed by atoms with van der Waals surface area (Å²) in [6.07, 6.45) is 0.384. The van der Waals surface area contributed by atoms with Crippen molar-refractivity contribution < 1.29 is 14.3 Å². The van der Waals surface area contributed by atoms with Crippen LogP contribution in [0.1, 0.15) is 29.7 Å². The van der Waals surface area contributed by atoms with Crippen LogP contribution in [-0.4, -0.2) is 19.1 Å². The first-order valence-corrected chi connectivity index (χ1v) is 7.86. The lowest BCUT2D eigenvalue weighted by molar-refractivity contribution is -0.121. The number of benzene rings is 2. The van der Waals surface area contributed by atoms with Gasteiger partial charge in [0.05, 0.1) is 12.5 Å². The van der Waals surface area contributed by atoms with Gasteiger partial charge in [-0.2, -0.15) is 0 Å². The predicted molar refractivity (Wildman–Crippen MR) is 88.9 cm³/mol. The van der Waals surface area contributed by atoms with Crippen molar-refractivity contribution in [2.24, 2.45) is 0 Å². The van der Waals surface area contributed by atoms with Crippen molar-refractivity contribution >= 4 is 5.91 Å². The number of fused-ring (bicyclic) bond motifs is 1. The summed E-state index contributed by atoms with van der Waals surface area (Å²) >= 11 is 0. The topological polar surface area (TPSA) is 47.6 Å². The number of carbonyl (C=O) groups is 1. The van der Waals surface area contributed by atoms with Gasteiger partial charge in [0.2, 0.25) is 5.91 Å². The van der Waals surface area contributed by atoms with Gasteiger partial charge in [-0.25, -0.2) is 0 Å². The highest BCUT2D eigenvalue weighted by atomic mass is 16.6. The summed E-state index contributed by atoms with van der Waals surface area (Å²) in [5, 5.41) is 3.03. The molecule has 1 aliphatic heterocycles. The highest BCUT2D eigenvalue weighted by Crippen LogP contribution is 2.32. The molecule has 0 bridgehead atoms. The van der Waals surface area contributed by atoms with Crippen molar-refractivity contribution in [1.29, 1.82) is 0 Å². The molecular weight excluding hydrogens is 290 g/mol. The van der Waals surface area contributed by atoms with E-state index in [-0.39, 0.29) is 11.9 Å². The van der Waals surface area contributed by atoms with Crippen LogP contribution in [0, 0.1) is 6.92 Å². The van der Waals surface area contributed by atoms with E-state index in [1.54, 1.807) is 0 Å². The standard InChI is InChI=1S/C19H21NO3/c1-13-3-5-15(6-4-13)11-19(21)20-14(2)16-7-8-17-18(12-16)23-10-9-22-17/h3-8,12,14H,9-11H2,1-2H3,(H,20,21). The average Bonchev–Trinajstić information content (AvgIpc) is 2.56. The van der Waals surface area contributed by atoms with E-state index in [4.69, 9.17) is 9.47 Å². The first-order valence-electron chi connectivity index (χ1n) is 7.86. The Hall–Kier alpha value is -2.49. The van der Waals surface area contributed by atoms with Crippen LogP contribution in [0.2, 0.25) is 0 Å². The summed E-state index contributed by atoms with van der Waals surface area (Å²) in [4.78, 5) is 12.2. The molecule has 0 fully saturated rings. The van der Waals surface area contributed by atoms with Crippen LogP contribution in [0.25, 0.3) is 0 Å². The number of aryl methyl sites for hydroxylation is 1. The molecule has 1 aliphatic rings. The normalized spacial score (nSPS) is 14.2. The van der Waals surface area contributed by atoms with Gasteiger partial charge in [-0.1, -0.05) is 35.9 Å². The first-order chi connectivity index (χ1) is 11.1.